The zero-order chi connectivity index (χ0) is 32.0. The van der Waals surface area contributed by atoms with Gasteiger partial charge in [-0.1, -0.05) is 42.5 Å². The van der Waals surface area contributed by atoms with E-state index < -0.39 is 22.0 Å². The summed E-state index contributed by atoms with van der Waals surface area (Å²) in [6.45, 7) is 5.57. The molecule has 0 aromatic heterocycles. The van der Waals surface area contributed by atoms with E-state index in [1.165, 1.54) is 5.56 Å². The molecule has 240 valence electrons. The summed E-state index contributed by atoms with van der Waals surface area (Å²) in [4.78, 5) is 29.6. The van der Waals surface area contributed by atoms with E-state index in [1.807, 2.05) is 60.4 Å². The SMILES string of the molecule is Cc1cccc(OCCCC(=O)N2CCCc3c(-c4cccc(COC(=O)N(CCCS(=O)(=O)O)C5CC5)c4)cccc32)c1C. The molecule has 0 spiro atoms. The fourth-order valence-electron chi connectivity index (χ4n) is 5.86. The third kappa shape index (κ3) is 8.64. The Labute approximate surface area is 265 Å². The Bertz CT molecular complexity index is 1630. The number of carbonyl (C=O) groups excluding carboxylic acids is 2. The molecule has 2 aliphatic rings. The molecule has 1 N–H and O–H groups in total. The van der Waals surface area contributed by atoms with Gasteiger partial charge in [0, 0.05) is 31.2 Å². The number of hydrogen-bond acceptors (Lipinski definition) is 6. The Balaban J connectivity index is 1.20. The smallest absolute Gasteiger partial charge is 0.410 e. The predicted octanol–water partition coefficient (Wildman–Crippen LogP) is 6.49. The van der Waals surface area contributed by atoms with Gasteiger partial charge in [-0.2, -0.15) is 8.42 Å². The number of carbonyl (C=O) groups is 2. The molecule has 3 aromatic rings. The lowest BCUT2D eigenvalue weighted by Gasteiger charge is -2.31. The van der Waals surface area contributed by atoms with Gasteiger partial charge in [-0.15, -0.1) is 0 Å². The fourth-order valence-corrected chi connectivity index (χ4v) is 6.35. The highest BCUT2D eigenvalue weighted by molar-refractivity contribution is 7.85. The van der Waals surface area contributed by atoms with E-state index >= 15 is 0 Å². The molecule has 9 nitrogen and oxygen atoms in total. The highest BCUT2D eigenvalue weighted by Gasteiger charge is 2.33. The van der Waals surface area contributed by atoms with Crippen molar-refractivity contribution in [1.29, 1.82) is 0 Å². The van der Waals surface area contributed by atoms with Crippen LogP contribution in [0, 0.1) is 13.8 Å². The van der Waals surface area contributed by atoms with Gasteiger partial charge in [0.2, 0.25) is 5.91 Å². The Kier molecular flexibility index (Phi) is 10.5. The normalized spacial score (nSPS) is 14.5. The number of rotatable bonds is 13. The average molecular weight is 635 g/mol. The summed E-state index contributed by atoms with van der Waals surface area (Å²) in [5.74, 6) is 0.566. The molecule has 0 radical (unpaired) electrons. The summed E-state index contributed by atoms with van der Waals surface area (Å²) in [5, 5.41) is 0. The van der Waals surface area contributed by atoms with Crippen LogP contribution in [-0.4, -0.2) is 61.4 Å². The highest BCUT2D eigenvalue weighted by Crippen LogP contribution is 2.36. The van der Waals surface area contributed by atoms with Crippen LogP contribution in [0.2, 0.25) is 0 Å². The van der Waals surface area contributed by atoms with Crippen molar-refractivity contribution in [2.24, 2.45) is 0 Å². The monoisotopic (exact) mass is 634 g/mol. The first-order chi connectivity index (χ1) is 21.6. The molecule has 0 atom stereocenters. The van der Waals surface area contributed by atoms with E-state index in [9.17, 15) is 18.0 Å². The van der Waals surface area contributed by atoms with E-state index in [0.717, 1.165) is 64.9 Å². The van der Waals surface area contributed by atoms with Crippen molar-refractivity contribution in [2.45, 2.75) is 71.4 Å². The van der Waals surface area contributed by atoms with Crippen LogP contribution < -0.4 is 9.64 Å². The van der Waals surface area contributed by atoms with Gasteiger partial charge in [-0.3, -0.25) is 9.35 Å². The Morgan fingerprint density at radius 3 is 2.58 bits per heavy atom. The van der Waals surface area contributed by atoms with Crippen LogP contribution in [0.25, 0.3) is 11.1 Å². The van der Waals surface area contributed by atoms with E-state index in [1.54, 1.807) is 4.90 Å². The van der Waals surface area contributed by atoms with Gasteiger partial charge >= 0.3 is 6.09 Å². The van der Waals surface area contributed by atoms with Crippen molar-refractivity contribution >= 4 is 27.8 Å². The third-order valence-electron chi connectivity index (χ3n) is 8.52. The standard InChI is InChI=1S/C35H42N2O7S/c1-25-9-3-15-33(26(25)2)43-21-7-16-34(38)37-19-6-13-31-30(12-5-14-32(31)37)28-11-4-10-27(23-28)24-44-35(39)36(29-17-18-29)20-8-22-45(40,41)42/h3-5,9-12,14-15,23,29H,6-8,13,16-22,24H2,1-2H3,(H,40,41,42). The Morgan fingerprint density at radius 1 is 1.02 bits per heavy atom. The lowest BCUT2D eigenvalue weighted by Crippen LogP contribution is -2.35. The lowest BCUT2D eigenvalue weighted by molar-refractivity contribution is -0.118. The quantitative estimate of drug-likeness (QED) is 0.169. The van der Waals surface area contributed by atoms with Gasteiger partial charge in [0.1, 0.15) is 12.4 Å². The molecule has 1 fully saturated rings. The first kappa shape index (κ1) is 32.5. The number of hydrogen-bond donors (Lipinski definition) is 1. The molecule has 10 heteroatoms. The van der Waals surface area contributed by atoms with Crippen molar-refractivity contribution < 1.29 is 32.0 Å². The second kappa shape index (κ2) is 14.5. The van der Waals surface area contributed by atoms with Crippen LogP contribution in [0.4, 0.5) is 10.5 Å². The molecular formula is C35H42N2O7S. The van der Waals surface area contributed by atoms with Crippen molar-refractivity contribution in [2.75, 3.05) is 30.3 Å². The number of anilines is 1. The summed E-state index contributed by atoms with van der Waals surface area (Å²) in [5.41, 5.74) is 7.27. The number of nitrogens with zero attached hydrogens (tertiary/aromatic N) is 2. The van der Waals surface area contributed by atoms with Gasteiger partial charge in [0.15, 0.2) is 0 Å². The largest absolute Gasteiger partial charge is 0.493 e. The van der Waals surface area contributed by atoms with Gasteiger partial charge in [0.25, 0.3) is 10.1 Å². The molecule has 1 aliphatic carbocycles. The number of aryl methyl sites for hydroxylation is 1. The maximum Gasteiger partial charge on any atom is 0.410 e. The minimum atomic E-state index is -4.08. The lowest BCUT2D eigenvalue weighted by atomic mass is 9.91. The highest BCUT2D eigenvalue weighted by atomic mass is 32.2. The first-order valence-electron chi connectivity index (χ1n) is 15.7. The zero-order valence-electron chi connectivity index (χ0n) is 26.0. The number of ether oxygens (including phenoxy) is 2. The molecule has 1 heterocycles. The second-order valence-electron chi connectivity index (χ2n) is 11.9. The molecule has 1 saturated carbocycles. The molecule has 0 unspecified atom stereocenters. The summed E-state index contributed by atoms with van der Waals surface area (Å²) in [7, 11) is -4.08. The van der Waals surface area contributed by atoms with Crippen LogP contribution in [-0.2, 0) is 32.7 Å². The first-order valence-corrected chi connectivity index (χ1v) is 17.3. The second-order valence-corrected chi connectivity index (χ2v) is 13.5. The Morgan fingerprint density at radius 2 is 1.80 bits per heavy atom. The van der Waals surface area contributed by atoms with Crippen LogP contribution in [0.3, 0.4) is 0 Å². The summed E-state index contributed by atoms with van der Waals surface area (Å²) in [6, 6.07) is 20.0. The predicted molar refractivity (Wildman–Crippen MR) is 174 cm³/mol. The van der Waals surface area contributed by atoms with Crippen molar-refractivity contribution in [1.82, 2.24) is 4.90 Å². The van der Waals surface area contributed by atoms with Crippen LogP contribution in [0.15, 0.2) is 60.7 Å². The average Bonchev–Trinajstić information content (AvgIpc) is 3.86. The van der Waals surface area contributed by atoms with E-state index in [4.69, 9.17) is 14.0 Å². The molecule has 0 saturated heterocycles. The molecule has 2 amide bonds. The third-order valence-corrected chi connectivity index (χ3v) is 9.33. The van der Waals surface area contributed by atoms with Crippen LogP contribution in [0.5, 0.6) is 5.75 Å². The molecular weight excluding hydrogens is 592 g/mol. The van der Waals surface area contributed by atoms with Crippen LogP contribution in [0.1, 0.15) is 60.8 Å². The van der Waals surface area contributed by atoms with Crippen molar-refractivity contribution in [3.63, 3.8) is 0 Å². The molecule has 45 heavy (non-hydrogen) atoms. The van der Waals surface area contributed by atoms with E-state index in [0.29, 0.717) is 26.0 Å². The van der Waals surface area contributed by atoms with Crippen LogP contribution >= 0.6 is 0 Å². The summed E-state index contributed by atoms with van der Waals surface area (Å²) >= 11 is 0. The number of fused-ring (bicyclic) bond motifs is 1. The van der Waals surface area contributed by atoms with E-state index in [2.05, 4.69) is 19.1 Å². The van der Waals surface area contributed by atoms with Gasteiger partial charge < -0.3 is 19.3 Å². The zero-order valence-corrected chi connectivity index (χ0v) is 26.9. The maximum absolute atomic E-state index is 13.3. The van der Waals surface area contributed by atoms with Crippen molar-refractivity contribution in [3.05, 3.63) is 82.9 Å². The molecule has 1 aliphatic heterocycles. The maximum atomic E-state index is 13.3. The summed E-state index contributed by atoms with van der Waals surface area (Å²) in [6.07, 6.45) is 4.17. The minimum Gasteiger partial charge on any atom is -0.493 e. The number of amides is 2. The molecule has 3 aromatic carbocycles. The van der Waals surface area contributed by atoms with Gasteiger partial charge in [-0.05, 0) is 104 Å². The van der Waals surface area contributed by atoms with Crippen molar-refractivity contribution in [3.8, 4) is 16.9 Å². The number of benzene rings is 3. The summed E-state index contributed by atoms with van der Waals surface area (Å²) < 4.78 is 42.8. The minimum absolute atomic E-state index is 0.0524. The molecule has 5 rings (SSSR count). The topological polar surface area (TPSA) is 113 Å². The Hall–Kier alpha value is -3.89. The fraction of sp³-hybridized carbons (Fsp3) is 0.429. The van der Waals surface area contributed by atoms with Gasteiger partial charge in [-0.25, -0.2) is 4.79 Å². The molecule has 0 bridgehead atoms. The van der Waals surface area contributed by atoms with Gasteiger partial charge in [0.05, 0.1) is 12.4 Å². The van der Waals surface area contributed by atoms with E-state index in [-0.39, 0.29) is 31.5 Å².